The number of nitriles is 1. The molecule has 1 aromatic rings. The lowest BCUT2D eigenvalue weighted by atomic mass is 10.3. The van der Waals surface area contributed by atoms with E-state index >= 15 is 0 Å². The molecule has 0 unspecified atom stereocenters. The number of carbonyl (C=O) groups is 1. The van der Waals surface area contributed by atoms with Gasteiger partial charge in [-0.3, -0.25) is 4.79 Å². The molecule has 0 spiro atoms. The number of hydrogen-bond donors (Lipinski definition) is 2. The molecule has 0 atom stereocenters. The third-order valence-corrected chi connectivity index (χ3v) is 3.45. The van der Waals surface area contributed by atoms with E-state index in [4.69, 9.17) is 5.26 Å². The van der Waals surface area contributed by atoms with Gasteiger partial charge in [0.15, 0.2) is 0 Å². The Morgan fingerprint density at radius 3 is 3.06 bits per heavy atom. The summed E-state index contributed by atoms with van der Waals surface area (Å²) in [6.45, 7) is 2.34. The first kappa shape index (κ1) is 11.9. The molecule has 17 heavy (non-hydrogen) atoms. The molecule has 1 aromatic heterocycles. The number of hydrogen-bond acceptors (Lipinski definition) is 5. The van der Waals surface area contributed by atoms with Gasteiger partial charge in [0.1, 0.15) is 16.6 Å². The molecule has 6 heteroatoms. The van der Waals surface area contributed by atoms with Crippen LogP contribution in [0, 0.1) is 18.3 Å². The van der Waals surface area contributed by atoms with Gasteiger partial charge in [0.05, 0.1) is 5.69 Å². The van der Waals surface area contributed by atoms with Crippen LogP contribution in [-0.4, -0.2) is 22.9 Å². The fourth-order valence-electron chi connectivity index (χ4n) is 1.44. The van der Waals surface area contributed by atoms with Crippen LogP contribution in [0.4, 0.5) is 5.00 Å². The topological polar surface area (TPSA) is 77.8 Å². The van der Waals surface area contributed by atoms with Crippen LogP contribution < -0.4 is 10.6 Å². The number of nitrogens with one attached hydrogen (secondary N) is 2. The van der Waals surface area contributed by atoms with E-state index in [0.717, 1.165) is 23.5 Å². The molecular weight excluding hydrogens is 236 g/mol. The van der Waals surface area contributed by atoms with Crippen molar-refractivity contribution < 1.29 is 4.79 Å². The van der Waals surface area contributed by atoms with Crippen LogP contribution in [-0.2, 0) is 4.79 Å². The molecule has 1 fully saturated rings. The number of nitrogens with zero attached hydrogens (tertiary/aromatic N) is 2. The van der Waals surface area contributed by atoms with Gasteiger partial charge >= 0.3 is 0 Å². The van der Waals surface area contributed by atoms with Crippen molar-refractivity contribution in [2.24, 2.45) is 0 Å². The maximum Gasteiger partial charge on any atom is 0.221 e. The summed E-state index contributed by atoms with van der Waals surface area (Å²) in [5.74, 6) is 0.0692. The van der Waals surface area contributed by atoms with Crippen molar-refractivity contribution in [3.05, 3.63) is 11.3 Å². The summed E-state index contributed by atoms with van der Waals surface area (Å²) in [5.41, 5.74) is 1.32. The lowest BCUT2D eigenvalue weighted by Gasteiger charge is -2.04. The van der Waals surface area contributed by atoms with Gasteiger partial charge in [-0.25, -0.2) is 0 Å². The van der Waals surface area contributed by atoms with Crippen molar-refractivity contribution in [1.82, 2.24) is 9.69 Å². The Labute approximate surface area is 104 Å². The van der Waals surface area contributed by atoms with Crippen molar-refractivity contribution >= 4 is 22.4 Å². The highest BCUT2D eigenvalue weighted by Crippen LogP contribution is 2.23. The van der Waals surface area contributed by atoms with Crippen LogP contribution in [0.25, 0.3) is 0 Å². The first-order valence-corrected chi connectivity index (χ1v) is 6.37. The zero-order chi connectivity index (χ0) is 12.3. The minimum atomic E-state index is 0.0692. The number of amides is 1. The van der Waals surface area contributed by atoms with E-state index < -0.39 is 0 Å². The Hall–Kier alpha value is -1.61. The molecule has 1 amide bonds. The second-order valence-electron chi connectivity index (χ2n) is 4.10. The lowest BCUT2D eigenvalue weighted by Crippen LogP contribution is -2.27. The monoisotopic (exact) mass is 250 g/mol. The summed E-state index contributed by atoms with van der Waals surface area (Å²) < 4.78 is 4.10. The molecule has 0 radical (unpaired) electrons. The molecule has 0 aromatic carbocycles. The zero-order valence-electron chi connectivity index (χ0n) is 9.62. The van der Waals surface area contributed by atoms with Gasteiger partial charge in [-0.15, -0.1) is 0 Å². The van der Waals surface area contributed by atoms with Crippen molar-refractivity contribution in [3.63, 3.8) is 0 Å². The van der Waals surface area contributed by atoms with Crippen molar-refractivity contribution in [1.29, 1.82) is 5.26 Å². The highest BCUT2D eigenvalue weighted by atomic mass is 32.1. The second-order valence-corrected chi connectivity index (χ2v) is 4.88. The van der Waals surface area contributed by atoms with Crippen LogP contribution in [0.5, 0.6) is 0 Å². The summed E-state index contributed by atoms with van der Waals surface area (Å²) in [6, 6.07) is 2.51. The van der Waals surface area contributed by atoms with Crippen molar-refractivity contribution in [2.75, 3.05) is 11.9 Å². The van der Waals surface area contributed by atoms with E-state index in [1.54, 1.807) is 6.92 Å². The van der Waals surface area contributed by atoms with Gasteiger partial charge < -0.3 is 10.6 Å². The van der Waals surface area contributed by atoms with Crippen molar-refractivity contribution in [2.45, 2.75) is 32.2 Å². The van der Waals surface area contributed by atoms with Crippen LogP contribution in [0.2, 0.25) is 0 Å². The van der Waals surface area contributed by atoms with Crippen LogP contribution in [0.3, 0.4) is 0 Å². The van der Waals surface area contributed by atoms with Crippen LogP contribution >= 0.6 is 11.5 Å². The predicted octanol–water partition coefficient (Wildman–Crippen LogP) is 1.40. The Balaban J connectivity index is 1.77. The lowest BCUT2D eigenvalue weighted by molar-refractivity contribution is -0.120. The van der Waals surface area contributed by atoms with Gasteiger partial charge in [-0.2, -0.15) is 9.64 Å². The largest absolute Gasteiger partial charge is 0.374 e. The molecule has 5 nitrogen and oxygen atoms in total. The number of aryl methyl sites for hydroxylation is 1. The van der Waals surface area contributed by atoms with E-state index in [1.165, 1.54) is 11.5 Å². The number of carbonyl (C=O) groups excluding carboxylic acids is 1. The average Bonchev–Trinajstić information content (AvgIpc) is 3.03. The third-order valence-electron chi connectivity index (χ3n) is 2.55. The van der Waals surface area contributed by atoms with E-state index in [1.807, 2.05) is 0 Å². The highest BCUT2D eigenvalue weighted by molar-refractivity contribution is 7.10. The molecule has 0 aliphatic heterocycles. The smallest absolute Gasteiger partial charge is 0.221 e. The zero-order valence-corrected chi connectivity index (χ0v) is 10.4. The molecular formula is C11H14N4OS. The first-order valence-electron chi connectivity index (χ1n) is 5.60. The average molecular weight is 250 g/mol. The molecule has 0 saturated heterocycles. The fraction of sp³-hybridized carbons (Fsp3) is 0.545. The van der Waals surface area contributed by atoms with Crippen molar-refractivity contribution in [3.8, 4) is 6.07 Å². The molecule has 1 aliphatic rings. The summed E-state index contributed by atoms with van der Waals surface area (Å²) >= 11 is 1.26. The summed E-state index contributed by atoms with van der Waals surface area (Å²) in [7, 11) is 0. The fourth-order valence-corrected chi connectivity index (χ4v) is 2.21. The molecule has 2 rings (SSSR count). The van der Waals surface area contributed by atoms with Gasteiger partial charge in [0.2, 0.25) is 5.91 Å². The quantitative estimate of drug-likeness (QED) is 0.828. The standard InChI is InChI=1S/C11H14N4OS/c1-7-9(6-12)11(17-15-7)13-5-4-10(16)14-8-2-3-8/h8,13H,2-5H2,1H3,(H,14,16). The molecule has 0 bridgehead atoms. The molecule has 1 aliphatic carbocycles. The molecule has 1 saturated carbocycles. The SMILES string of the molecule is Cc1nsc(NCCC(=O)NC2CC2)c1C#N. The minimum Gasteiger partial charge on any atom is -0.374 e. The molecule has 90 valence electrons. The van der Waals surface area contributed by atoms with Gasteiger partial charge in [-0.1, -0.05) is 0 Å². The van der Waals surface area contributed by atoms with E-state index in [2.05, 4.69) is 21.1 Å². The number of anilines is 1. The number of rotatable bonds is 5. The Morgan fingerprint density at radius 1 is 1.65 bits per heavy atom. The van der Waals surface area contributed by atoms with Gasteiger partial charge in [0.25, 0.3) is 0 Å². The highest BCUT2D eigenvalue weighted by Gasteiger charge is 2.22. The minimum absolute atomic E-state index is 0.0692. The summed E-state index contributed by atoms with van der Waals surface area (Å²) in [4.78, 5) is 11.4. The first-order chi connectivity index (χ1) is 8.20. The van der Waals surface area contributed by atoms with E-state index in [-0.39, 0.29) is 5.91 Å². The van der Waals surface area contributed by atoms with E-state index in [9.17, 15) is 4.79 Å². The summed E-state index contributed by atoms with van der Waals surface area (Å²) in [6.07, 6.45) is 2.63. The Morgan fingerprint density at radius 2 is 2.41 bits per heavy atom. The normalized spacial score (nSPS) is 14.1. The second kappa shape index (κ2) is 5.15. The Kier molecular flexibility index (Phi) is 3.59. The van der Waals surface area contributed by atoms with Gasteiger partial charge in [0, 0.05) is 19.0 Å². The van der Waals surface area contributed by atoms with Crippen LogP contribution in [0.15, 0.2) is 0 Å². The van der Waals surface area contributed by atoms with E-state index in [0.29, 0.717) is 24.6 Å². The number of aromatic nitrogens is 1. The maximum atomic E-state index is 11.4. The molecule has 1 heterocycles. The predicted molar refractivity (Wildman–Crippen MR) is 65.8 cm³/mol. The summed E-state index contributed by atoms with van der Waals surface area (Å²) in [5, 5.41) is 15.7. The molecule has 2 N–H and O–H groups in total. The Bertz CT molecular complexity index is 459. The van der Waals surface area contributed by atoms with Gasteiger partial charge in [-0.05, 0) is 31.3 Å². The van der Waals surface area contributed by atoms with Crippen LogP contribution in [0.1, 0.15) is 30.5 Å². The maximum absolute atomic E-state index is 11.4. The third kappa shape index (κ3) is 3.17.